The van der Waals surface area contributed by atoms with Gasteiger partial charge in [-0.2, -0.15) is 4.57 Å². The summed E-state index contributed by atoms with van der Waals surface area (Å²) in [6, 6.07) is 12.8. The summed E-state index contributed by atoms with van der Waals surface area (Å²) in [5, 5.41) is 0.966. The monoisotopic (exact) mass is 320 g/mol. The number of fused-ring (bicyclic) bond motifs is 5. The highest BCUT2D eigenvalue weighted by atomic mass is 19.1. The predicted molar refractivity (Wildman–Crippen MR) is 96.9 cm³/mol. The fourth-order valence-electron chi connectivity index (χ4n) is 4.32. The Kier molecular flexibility index (Phi) is 3.28. The normalized spacial score (nSPS) is 19.2. The maximum absolute atomic E-state index is 14.0. The van der Waals surface area contributed by atoms with E-state index in [0.717, 1.165) is 10.9 Å². The molecular formula is C22H23FN+. The molecule has 1 aliphatic heterocycles. The average molecular weight is 320 g/mol. The number of pyridine rings is 1. The Morgan fingerprint density at radius 1 is 0.917 bits per heavy atom. The van der Waals surface area contributed by atoms with Gasteiger partial charge in [0.05, 0.1) is 5.56 Å². The second-order valence-corrected chi connectivity index (χ2v) is 7.32. The maximum Gasteiger partial charge on any atom is 0.213 e. The van der Waals surface area contributed by atoms with E-state index in [-0.39, 0.29) is 5.82 Å². The first-order valence-electron chi connectivity index (χ1n) is 8.64. The summed E-state index contributed by atoms with van der Waals surface area (Å²) in [6.45, 7) is 10.8. The zero-order valence-electron chi connectivity index (χ0n) is 14.9. The summed E-state index contributed by atoms with van der Waals surface area (Å²) >= 11 is 0. The number of hydrogen-bond donors (Lipinski definition) is 0. The Balaban J connectivity index is 2.14. The fraction of sp³-hybridized carbons (Fsp3) is 0.318. The summed E-state index contributed by atoms with van der Waals surface area (Å²) in [7, 11) is 0. The molecule has 2 heteroatoms. The second kappa shape index (κ2) is 5.14. The number of rotatable bonds is 0. The second-order valence-electron chi connectivity index (χ2n) is 7.32. The van der Waals surface area contributed by atoms with Crippen molar-refractivity contribution in [2.75, 3.05) is 0 Å². The molecule has 3 aromatic rings. The largest absolute Gasteiger partial charge is 0.213 e. The number of aryl methyl sites for hydroxylation is 3. The van der Waals surface area contributed by atoms with Gasteiger partial charge in [0.2, 0.25) is 11.2 Å². The lowest BCUT2D eigenvalue weighted by atomic mass is 9.81. The number of nitrogens with zero attached hydrogens (tertiary/aromatic N) is 1. The highest BCUT2D eigenvalue weighted by molar-refractivity contribution is 5.80. The van der Waals surface area contributed by atoms with Crippen LogP contribution in [-0.2, 0) is 0 Å². The van der Waals surface area contributed by atoms with E-state index < -0.39 is 0 Å². The fourth-order valence-corrected chi connectivity index (χ4v) is 4.32. The van der Waals surface area contributed by atoms with Crippen molar-refractivity contribution in [3.63, 3.8) is 0 Å². The van der Waals surface area contributed by atoms with E-state index in [1.54, 1.807) is 6.07 Å². The van der Waals surface area contributed by atoms with Crippen LogP contribution in [0.2, 0.25) is 0 Å². The number of benzene rings is 2. The molecule has 24 heavy (non-hydrogen) atoms. The van der Waals surface area contributed by atoms with Gasteiger partial charge in [-0.25, -0.2) is 4.39 Å². The smallest absolute Gasteiger partial charge is 0.207 e. The van der Waals surface area contributed by atoms with Crippen molar-refractivity contribution in [1.82, 2.24) is 0 Å². The third kappa shape index (κ3) is 2.02. The molecule has 0 fully saturated rings. The molecular weight excluding hydrogens is 297 g/mol. The summed E-state index contributed by atoms with van der Waals surface area (Å²) < 4.78 is 16.4. The molecule has 4 rings (SSSR count). The molecule has 1 nitrogen and oxygen atoms in total. The quantitative estimate of drug-likeness (QED) is 0.479. The zero-order valence-corrected chi connectivity index (χ0v) is 14.9. The van der Waals surface area contributed by atoms with Crippen LogP contribution in [0, 0.1) is 26.6 Å². The molecule has 122 valence electrons. The van der Waals surface area contributed by atoms with Crippen molar-refractivity contribution in [2.45, 2.75) is 46.6 Å². The summed E-state index contributed by atoms with van der Waals surface area (Å²) in [4.78, 5) is 0. The van der Waals surface area contributed by atoms with Crippen molar-refractivity contribution in [3.05, 3.63) is 64.5 Å². The molecule has 2 atom stereocenters. The Bertz CT molecular complexity index is 987. The van der Waals surface area contributed by atoms with Gasteiger partial charge in [-0.15, -0.1) is 0 Å². The van der Waals surface area contributed by atoms with Gasteiger partial charge in [0.25, 0.3) is 0 Å². The number of aromatic nitrogens is 1. The van der Waals surface area contributed by atoms with Crippen molar-refractivity contribution in [1.29, 1.82) is 0 Å². The third-order valence-electron chi connectivity index (χ3n) is 5.64. The summed E-state index contributed by atoms with van der Waals surface area (Å²) in [5.41, 5.74) is 8.49. The van der Waals surface area contributed by atoms with E-state index in [1.165, 1.54) is 27.9 Å². The molecule has 0 N–H and O–H groups in total. The molecule has 2 unspecified atom stereocenters. The van der Waals surface area contributed by atoms with Crippen molar-refractivity contribution >= 4 is 10.9 Å². The lowest BCUT2D eigenvalue weighted by Gasteiger charge is -2.28. The van der Waals surface area contributed by atoms with Crippen LogP contribution in [0.25, 0.3) is 22.2 Å². The molecule has 2 heterocycles. The Labute approximate surface area is 142 Å². The van der Waals surface area contributed by atoms with Crippen molar-refractivity contribution in [2.24, 2.45) is 0 Å². The average Bonchev–Trinajstić information content (AvgIpc) is 2.52. The Morgan fingerprint density at radius 2 is 1.67 bits per heavy atom. The molecule has 1 aliphatic rings. The molecule has 2 aromatic carbocycles. The molecule has 0 bridgehead atoms. The first-order valence-corrected chi connectivity index (χ1v) is 8.64. The summed E-state index contributed by atoms with van der Waals surface area (Å²) in [6.07, 6.45) is 0. The van der Waals surface area contributed by atoms with E-state index in [0.29, 0.717) is 17.5 Å². The van der Waals surface area contributed by atoms with Crippen LogP contribution in [0.5, 0.6) is 0 Å². The minimum atomic E-state index is -0.133. The molecule has 0 spiro atoms. The van der Waals surface area contributed by atoms with Gasteiger partial charge in [0.1, 0.15) is 5.82 Å². The van der Waals surface area contributed by atoms with Crippen LogP contribution < -0.4 is 4.57 Å². The van der Waals surface area contributed by atoms with E-state index >= 15 is 0 Å². The zero-order chi connectivity index (χ0) is 17.2. The minimum Gasteiger partial charge on any atom is -0.207 e. The van der Waals surface area contributed by atoms with E-state index in [4.69, 9.17) is 0 Å². The van der Waals surface area contributed by atoms with Gasteiger partial charge in [0, 0.05) is 23.4 Å². The Hall–Kier alpha value is -2.22. The molecule has 0 saturated carbocycles. The highest BCUT2D eigenvalue weighted by Gasteiger charge is 2.37. The highest BCUT2D eigenvalue weighted by Crippen LogP contribution is 2.41. The van der Waals surface area contributed by atoms with Gasteiger partial charge < -0.3 is 0 Å². The molecule has 0 saturated heterocycles. The molecule has 0 radical (unpaired) electrons. The number of hydrogen-bond acceptors (Lipinski definition) is 0. The first kappa shape index (κ1) is 15.3. The molecule has 1 aromatic heterocycles. The van der Waals surface area contributed by atoms with Crippen molar-refractivity contribution < 1.29 is 8.96 Å². The lowest BCUT2D eigenvalue weighted by molar-refractivity contribution is -0.689. The van der Waals surface area contributed by atoms with Crippen LogP contribution in [-0.4, -0.2) is 0 Å². The van der Waals surface area contributed by atoms with Crippen LogP contribution in [0.1, 0.15) is 48.1 Å². The van der Waals surface area contributed by atoms with Gasteiger partial charge in [-0.05, 0) is 62.6 Å². The van der Waals surface area contributed by atoms with Gasteiger partial charge >= 0.3 is 0 Å². The van der Waals surface area contributed by atoms with Gasteiger partial charge in [-0.1, -0.05) is 18.6 Å². The SMILES string of the molecule is Cc1cc(C)c2c(c1)-c1ccc3cc(F)c(C)cc3[n+]1C(C)C2C. The lowest BCUT2D eigenvalue weighted by Crippen LogP contribution is -2.46. The standard InChI is InChI=1S/C22H23FN/c1-12-8-14(3)22-15(4)16(5)24-20(18(22)9-12)7-6-17-11-19(23)13(2)10-21(17)24/h6-11,15-16H,1-5H3/q+1. The molecule has 0 amide bonds. The molecule has 0 aliphatic carbocycles. The first-order chi connectivity index (χ1) is 11.4. The number of halogens is 1. The van der Waals surface area contributed by atoms with Crippen LogP contribution in [0.15, 0.2) is 36.4 Å². The van der Waals surface area contributed by atoms with E-state index in [2.05, 4.69) is 50.5 Å². The van der Waals surface area contributed by atoms with Crippen LogP contribution >= 0.6 is 0 Å². The Morgan fingerprint density at radius 3 is 2.42 bits per heavy atom. The van der Waals surface area contributed by atoms with Gasteiger partial charge in [-0.3, -0.25) is 0 Å². The van der Waals surface area contributed by atoms with Crippen LogP contribution in [0.4, 0.5) is 4.39 Å². The van der Waals surface area contributed by atoms with Crippen molar-refractivity contribution in [3.8, 4) is 11.3 Å². The third-order valence-corrected chi connectivity index (χ3v) is 5.64. The maximum atomic E-state index is 14.0. The van der Waals surface area contributed by atoms with E-state index in [9.17, 15) is 4.39 Å². The van der Waals surface area contributed by atoms with Crippen LogP contribution in [0.3, 0.4) is 0 Å². The van der Waals surface area contributed by atoms with E-state index in [1.807, 2.05) is 19.1 Å². The summed E-state index contributed by atoms with van der Waals surface area (Å²) in [5.74, 6) is 0.292. The predicted octanol–water partition coefficient (Wildman–Crippen LogP) is 5.54. The topological polar surface area (TPSA) is 3.88 Å². The minimum absolute atomic E-state index is 0.133. The van der Waals surface area contributed by atoms with Gasteiger partial charge in [0.15, 0.2) is 6.04 Å².